The minimum atomic E-state index is -3.71. The smallest absolute Gasteiger partial charge is 0.264 e. The second kappa shape index (κ2) is 6.86. The van der Waals surface area contributed by atoms with Crippen molar-refractivity contribution in [3.8, 4) is 0 Å². The number of anilines is 1. The Bertz CT molecular complexity index is 834. The van der Waals surface area contributed by atoms with E-state index >= 15 is 0 Å². The van der Waals surface area contributed by atoms with Crippen LogP contribution in [0.15, 0.2) is 47.4 Å². The van der Waals surface area contributed by atoms with Crippen molar-refractivity contribution in [1.82, 2.24) is 0 Å². The fourth-order valence-corrected chi connectivity index (χ4v) is 4.06. The fourth-order valence-electron chi connectivity index (χ4n) is 2.23. The zero-order valence-corrected chi connectivity index (χ0v) is 15.2. The van der Waals surface area contributed by atoms with Crippen molar-refractivity contribution >= 4 is 44.5 Å². The molecular formula is C16H17ClN2O2S2. The molecule has 0 aliphatic rings. The van der Waals surface area contributed by atoms with E-state index in [1.807, 2.05) is 6.92 Å². The predicted molar refractivity (Wildman–Crippen MR) is 98.7 cm³/mol. The predicted octanol–water partition coefficient (Wildman–Crippen LogP) is 3.50. The van der Waals surface area contributed by atoms with Gasteiger partial charge in [-0.1, -0.05) is 41.5 Å². The topological polar surface area (TPSA) is 63.4 Å². The van der Waals surface area contributed by atoms with Crippen molar-refractivity contribution in [2.24, 2.45) is 5.73 Å². The summed E-state index contributed by atoms with van der Waals surface area (Å²) >= 11 is 11.0. The number of nitrogens with two attached hydrogens (primary N) is 1. The largest absolute Gasteiger partial charge is 0.389 e. The fraction of sp³-hybridized carbons (Fsp3) is 0.188. The lowest BCUT2D eigenvalue weighted by molar-refractivity contribution is 0.592. The molecule has 0 heterocycles. The first-order valence-electron chi connectivity index (χ1n) is 6.96. The third kappa shape index (κ3) is 3.65. The maximum Gasteiger partial charge on any atom is 0.264 e. The van der Waals surface area contributed by atoms with Crippen LogP contribution in [0.5, 0.6) is 0 Å². The van der Waals surface area contributed by atoms with Gasteiger partial charge in [0.1, 0.15) is 4.99 Å². The first kappa shape index (κ1) is 17.7. The van der Waals surface area contributed by atoms with Gasteiger partial charge in [-0.25, -0.2) is 8.42 Å². The zero-order chi connectivity index (χ0) is 17.2. The van der Waals surface area contributed by atoms with Crippen LogP contribution in [0.2, 0.25) is 5.02 Å². The van der Waals surface area contributed by atoms with Crippen molar-refractivity contribution in [3.05, 3.63) is 58.6 Å². The molecule has 0 fully saturated rings. The van der Waals surface area contributed by atoms with E-state index in [2.05, 4.69) is 0 Å². The Morgan fingerprint density at radius 1 is 1.22 bits per heavy atom. The van der Waals surface area contributed by atoms with E-state index in [-0.39, 0.29) is 16.4 Å². The summed E-state index contributed by atoms with van der Waals surface area (Å²) in [6, 6.07) is 11.5. The van der Waals surface area contributed by atoms with Crippen molar-refractivity contribution < 1.29 is 8.42 Å². The van der Waals surface area contributed by atoms with E-state index in [1.54, 1.807) is 49.4 Å². The molecular weight excluding hydrogens is 352 g/mol. The standard InChI is InChI=1S/C16H17ClN2O2S2/c1-3-19(15-9-6-12(17)10-14(15)16(18)22)23(20,21)13-7-4-11(2)5-8-13/h4-10H,3H2,1-2H3,(H2,18,22). The highest BCUT2D eigenvalue weighted by Crippen LogP contribution is 2.29. The molecule has 2 rings (SSSR count). The van der Waals surface area contributed by atoms with Crippen molar-refractivity contribution in [2.45, 2.75) is 18.7 Å². The van der Waals surface area contributed by atoms with Gasteiger partial charge in [0, 0.05) is 17.1 Å². The van der Waals surface area contributed by atoms with E-state index in [0.717, 1.165) is 5.56 Å². The van der Waals surface area contributed by atoms with Gasteiger partial charge in [-0.15, -0.1) is 0 Å². The van der Waals surface area contributed by atoms with Crippen LogP contribution in [0.25, 0.3) is 0 Å². The van der Waals surface area contributed by atoms with Gasteiger partial charge in [-0.3, -0.25) is 4.31 Å². The van der Waals surface area contributed by atoms with Crippen LogP contribution < -0.4 is 10.0 Å². The Hall–Kier alpha value is -1.63. The molecule has 7 heteroatoms. The van der Waals surface area contributed by atoms with Crippen LogP contribution in [0, 0.1) is 6.92 Å². The molecule has 0 spiro atoms. The number of hydrogen-bond donors (Lipinski definition) is 1. The van der Waals surface area contributed by atoms with Crippen LogP contribution in [0.1, 0.15) is 18.1 Å². The van der Waals surface area contributed by atoms with Crippen LogP contribution in [-0.2, 0) is 10.0 Å². The summed E-state index contributed by atoms with van der Waals surface area (Å²) in [5.74, 6) is 0. The minimum absolute atomic E-state index is 0.0973. The van der Waals surface area contributed by atoms with Gasteiger partial charge in [0.05, 0.1) is 10.6 Å². The second-order valence-electron chi connectivity index (χ2n) is 5.01. The average molecular weight is 369 g/mol. The Balaban J connectivity index is 2.60. The van der Waals surface area contributed by atoms with Crippen LogP contribution >= 0.6 is 23.8 Å². The normalized spacial score (nSPS) is 11.3. The van der Waals surface area contributed by atoms with Gasteiger partial charge in [-0.2, -0.15) is 0 Å². The molecule has 0 saturated heterocycles. The number of thiocarbonyl (C=S) groups is 1. The van der Waals surface area contributed by atoms with Gasteiger partial charge in [0.25, 0.3) is 10.0 Å². The van der Waals surface area contributed by atoms with Gasteiger partial charge < -0.3 is 5.73 Å². The highest BCUT2D eigenvalue weighted by Gasteiger charge is 2.26. The molecule has 122 valence electrons. The molecule has 0 radical (unpaired) electrons. The Morgan fingerprint density at radius 2 is 1.83 bits per heavy atom. The quantitative estimate of drug-likeness (QED) is 0.820. The highest BCUT2D eigenvalue weighted by molar-refractivity contribution is 7.92. The van der Waals surface area contributed by atoms with E-state index in [0.29, 0.717) is 16.3 Å². The summed E-state index contributed by atoms with van der Waals surface area (Å²) in [7, 11) is -3.71. The number of sulfonamides is 1. The summed E-state index contributed by atoms with van der Waals surface area (Å²) < 4.78 is 27.2. The Labute approximate surface area is 146 Å². The number of aryl methyl sites for hydroxylation is 1. The maximum atomic E-state index is 12.9. The molecule has 2 N–H and O–H groups in total. The Morgan fingerprint density at radius 3 is 2.35 bits per heavy atom. The third-order valence-corrected chi connectivity index (χ3v) is 5.75. The molecule has 23 heavy (non-hydrogen) atoms. The summed E-state index contributed by atoms with van der Waals surface area (Å²) in [6.07, 6.45) is 0. The van der Waals surface area contributed by atoms with Gasteiger partial charge in [-0.05, 0) is 44.2 Å². The molecule has 0 aliphatic carbocycles. The molecule has 0 saturated carbocycles. The number of nitrogens with zero attached hydrogens (tertiary/aromatic N) is 1. The maximum absolute atomic E-state index is 12.9. The van der Waals surface area contributed by atoms with E-state index in [4.69, 9.17) is 29.6 Å². The number of hydrogen-bond acceptors (Lipinski definition) is 3. The molecule has 0 atom stereocenters. The van der Waals surface area contributed by atoms with Crippen molar-refractivity contribution in [1.29, 1.82) is 0 Å². The first-order chi connectivity index (χ1) is 10.8. The SMILES string of the molecule is CCN(c1ccc(Cl)cc1C(N)=S)S(=O)(=O)c1ccc(C)cc1. The summed E-state index contributed by atoms with van der Waals surface area (Å²) in [5, 5.41) is 0.445. The molecule has 0 unspecified atom stereocenters. The Kier molecular flexibility index (Phi) is 5.29. The van der Waals surface area contributed by atoms with Gasteiger partial charge >= 0.3 is 0 Å². The summed E-state index contributed by atoms with van der Waals surface area (Å²) in [6.45, 7) is 3.90. The first-order valence-corrected chi connectivity index (χ1v) is 9.18. The lowest BCUT2D eigenvalue weighted by Crippen LogP contribution is -2.32. The summed E-state index contributed by atoms with van der Waals surface area (Å²) in [4.78, 5) is 0.314. The van der Waals surface area contributed by atoms with E-state index in [1.165, 1.54) is 4.31 Å². The van der Waals surface area contributed by atoms with E-state index in [9.17, 15) is 8.42 Å². The zero-order valence-electron chi connectivity index (χ0n) is 12.8. The average Bonchev–Trinajstić information content (AvgIpc) is 2.49. The molecule has 0 bridgehead atoms. The molecule has 2 aromatic rings. The number of rotatable bonds is 5. The van der Waals surface area contributed by atoms with Gasteiger partial charge in [0.15, 0.2) is 0 Å². The molecule has 0 aromatic heterocycles. The van der Waals surface area contributed by atoms with E-state index < -0.39 is 10.0 Å². The monoisotopic (exact) mass is 368 g/mol. The van der Waals surface area contributed by atoms with Gasteiger partial charge in [0.2, 0.25) is 0 Å². The lowest BCUT2D eigenvalue weighted by Gasteiger charge is -2.25. The van der Waals surface area contributed by atoms with Crippen LogP contribution in [-0.4, -0.2) is 20.0 Å². The molecule has 0 amide bonds. The van der Waals surface area contributed by atoms with Crippen LogP contribution in [0.3, 0.4) is 0 Å². The van der Waals surface area contributed by atoms with Crippen molar-refractivity contribution in [2.75, 3.05) is 10.8 Å². The second-order valence-corrected chi connectivity index (χ2v) is 7.75. The summed E-state index contributed by atoms with van der Waals surface area (Å²) in [5.41, 5.74) is 7.57. The van der Waals surface area contributed by atoms with Crippen LogP contribution in [0.4, 0.5) is 5.69 Å². The third-order valence-electron chi connectivity index (χ3n) is 3.39. The van der Waals surface area contributed by atoms with Crippen molar-refractivity contribution in [3.63, 3.8) is 0 Å². The number of benzene rings is 2. The molecule has 2 aromatic carbocycles. The highest BCUT2D eigenvalue weighted by atomic mass is 35.5. The minimum Gasteiger partial charge on any atom is -0.389 e. The molecule has 0 aliphatic heterocycles. The number of halogens is 1. The molecule has 4 nitrogen and oxygen atoms in total. The lowest BCUT2D eigenvalue weighted by atomic mass is 10.2.